The standard InChI is InChI=1S/C19H33NS/c1-4-6-7-8-9-10-16-21-19-13-11-18(12-14-19)17(3)20-15-5-2/h11-14,17,20H,4-10,15-16H2,1-3H3. The Kier molecular flexibility index (Phi) is 10.7. The quantitative estimate of drug-likeness (QED) is 0.364. The summed E-state index contributed by atoms with van der Waals surface area (Å²) >= 11 is 2.00. The molecule has 1 unspecified atom stereocenters. The minimum absolute atomic E-state index is 0.461. The molecule has 1 N–H and O–H groups in total. The van der Waals surface area contributed by atoms with Gasteiger partial charge < -0.3 is 5.32 Å². The van der Waals surface area contributed by atoms with E-state index in [0.29, 0.717) is 6.04 Å². The maximum Gasteiger partial charge on any atom is 0.0291 e. The van der Waals surface area contributed by atoms with Crippen molar-refractivity contribution in [3.8, 4) is 0 Å². The van der Waals surface area contributed by atoms with E-state index in [9.17, 15) is 0 Å². The zero-order chi connectivity index (χ0) is 15.3. The molecule has 0 fully saturated rings. The van der Waals surface area contributed by atoms with Crippen LogP contribution in [0.1, 0.15) is 77.3 Å². The number of benzene rings is 1. The highest BCUT2D eigenvalue weighted by atomic mass is 32.2. The van der Waals surface area contributed by atoms with Crippen molar-refractivity contribution in [2.45, 2.75) is 76.7 Å². The third-order valence-electron chi connectivity index (χ3n) is 3.85. The molecule has 1 nitrogen and oxygen atoms in total. The number of thioether (sulfide) groups is 1. The summed E-state index contributed by atoms with van der Waals surface area (Å²) in [5.74, 6) is 1.26. The maximum absolute atomic E-state index is 3.54. The summed E-state index contributed by atoms with van der Waals surface area (Å²) < 4.78 is 0. The predicted octanol–water partition coefficient (Wildman–Crippen LogP) is 6.20. The van der Waals surface area contributed by atoms with E-state index < -0.39 is 0 Å². The molecule has 1 aromatic carbocycles. The second-order valence-corrected chi connectivity index (χ2v) is 7.03. The first-order valence-corrected chi connectivity index (χ1v) is 9.72. The van der Waals surface area contributed by atoms with Gasteiger partial charge in [-0.25, -0.2) is 0 Å². The molecule has 1 atom stereocenters. The van der Waals surface area contributed by atoms with Crippen LogP contribution in [0.25, 0.3) is 0 Å². The van der Waals surface area contributed by atoms with Crippen molar-refractivity contribution < 1.29 is 0 Å². The molecule has 0 amide bonds. The summed E-state index contributed by atoms with van der Waals surface area (Å²) in [6.07, 6.45) is 9.50. The van der Waals surface area contributed by atoms with Crippen LogP contribution in [-0.4, -0.2) is 12.3 Å². The highest BCUT2D eigenvalue weighted by molar-refractivity contribution is 7.99. The van der Waals surface area contributed by atoms with Gasteiger partial charge in [0, 0.05) is 10.9 Å². The topological polar surface area (TPSA) is 12.0 Å². The average molecular weight is 308 g/mol. The Morgan fingerprint density at radius 3 is 2.24 bits per heavy atom. The van der Waals surface area contributed by atoms with Crippen LogP contribution in [0.4, 0.5) is 0 Å². The van der Waals surface area contributed by atoms with Crippen LogP contribution in [0.3, 0.4) is 0 Å². The molecule has 21 heavy (non-hydrogen) atoms. The minimum Gasteiger partial charge on any atom is -0.310 e. The van der Waals surface area contributed by atoms with E-state index in [0.717, 1.165) is 6.54 Å². The molecule has 0 aliphatic rings. The van der Waals surface area contributed by atoms with E-state index in [1.807, 2.05) is 11.8 Å². The van der Waals surface area contributed by atoms with Crippen molar-refractivity contribution in [3.63, 3.8) is 0 Å². The van der Waals surface area contributed by atoms with Crippen LogP contribution in [0.5, 0.6) is 0 Å². The molecule has 0 radical (unpaired) electrons. The highest BCUT2D eigenvalue weighted by Gasteiger charge is 2.03. The third kappa shape index (κ3) is 8.53. The zero-order valence-electron chi connectivity index (χ0n) is 14.2. The largest absolute Gasteiger partial charge is 0.310 e. The summed E-state index contributed by atoms with van der Waals surface area (Å²) in [6, 6.07) is 9.57. The van der Waals surface area contributed by atoms with E-state index in [1.54, 1.807) is 0 Å². The van der Waals surface area contributed by atoms with Gasteiger partial charge in [0.25, 0.3) is 0 Å². The third-order valence-corrected chi connectivity index (χ3v) is 4.95. The first kappa shape index (κ1) is 18.6. The molecule has 0 spiro atoms. The fourth-order valence-corrected chi connectivity index (χ4v) is 3.32. The van der Waals surface area contributed by atoms with Gasteiger partial charge in [-0.1, -0.05) is 58.1 Å². The summed E-state index contributed by atoms with van der Waals surface area (Å²) in [5.41, 5.74) is 1.40. The molecule has 0 heterocycles. The Hall–Kier alpha value is -0.470. The SMILES string of the molecule is CCCCCCCCSc1ccc(C(C)NCCC)cc1. The summed E-state index contributed by atoms with van der Waals surface area (Å²) in [6.45, 7) is 7.82. The van der Waals surface area contributed by atoms with E-state index >= 15 is 0 Å². The number of hydrogen-bond donors (Lipinski definition) is 1. The van der Waals surface area contributed by atoms with E-state index in [2.05, 4.69) is 50.4 Å². The highest BCUT2D eigenvalue weighted by Crippen LogP contribution is 2.22. The van der Waals surface area contributed by atoms with Crippen molar-refractivity contribution in [1.29, 1.82) is 0 Å². The Morgan fingerprint density at radius 2 is 1.57 bits per heavy atom. The van der Waals surface area contributed by atoms with Crippen molar-refractivity contribution in [2.75, 3.05) is 12.3 Å². The van der Waals surface area contributed by atoms with E-state index in [1.165, 1.54) is 61.2 Å². The molecular formula is C19H33NS. The van der Waals surface area contributed by atoms with Gasteiger partial charge in [-0.2, -0.15) is 0 Å². The zero-order valence-corrected chi connectivity index (χ0v) is 15.0. The molecule has 0 bridgehead atoms. The summed E-state index contributed by atoms with van der Waals surface area (Å²) in [5, 5.41) is 3.54. The Bertz CT molecular complexity index is 347. The van der Waals surface area contributed by atoms with Crippen LogP contribution < -0.4 is 5.32 Å². The molecule has 0 aliphatic heterocycles. The van der Waals surface area contributed by atoms with Crippen LogP contribution >= 0.6 is 11.8 Å². The molecule has 1 aromatic rings. The summed E-state index contributed by atoms with van der Waals surface area (Å²) in [4.78, 5) is 1.41. The van der Waals surface area contributed by atoms with Crippen molar-refractivity contribution in [1.82, 2.24) is 5.32 Å². The second kappa shape index (κ2) is 12.1. The second-order valence-electron chi connectivity index (χ2n) is 5.86. The van der Waals surface area contributed by atoms with Gasteiger partial charge in [0.1, 0.15) is 0 Å². The Labute approximate surface area is 136 Å². The van der Waals surface area contributed by atoms with Crippen LogP contribution in [0.15, 0.2) is 29.2 Å². The molecule has 1 rings (SSSR count). The average Bonchev–Trinajstić information content (AvgIpc) is 2.52. The molecule has 0 saturated heterocycles. The molecule has 0 aromatic heterocycles. The van der Waals surface area contributed by atoms with Gasteiger partial charge in [-0.3, -0.25) is 0 Å². The van der Waals surface area contributed by atoms with Gasteiger partial charge in [-0.05, 0) is 49.8 Å². The van der Waals surface area contributed by atoms with Crippen LogP contribution in [-0.2, 0) is 0 Å². The minimum atomic E-state index is 0.461. The smallest absolute Gasteiger partial charge is 0.0291 e. The van der Waals surface area contributed by atoms with Crippen LogP contribution in [0, 0.1) is 0 Å². The number of unbranched alkanes of at least 4 members (excludes halogenated alkanes) is 5. The van der Waals surface area contributed by atoms with Crippen molar-refractivity contribution >= 4 is 11.8 Å². The molecule has 2 heteroatoms. The normalized spacial score (nSPS) is 12.5. The number of rotatable bonds is 12. The van der Waals surface area contributed by atoms with Crippen LogP contribution in [0.2, 0.25) is 0 Å². The van der Waals surface area contributed by atoms with Gasteiger partial charge in [-0.15, -0.1) is 11.8 Å². The first-order chi connectivity index (χ1) is 10.3. The predicted molar refractivity (Wildman–Crippen MR) is 97.3 cm³/mol. The number of hydrogen-bond acceptors (Lipinski definition) is 2. The fourth-order valence-electron chi connectivity index (χ4n) is 2.40. The Morgan fingerprint density at radius 1 is 0.905 bits per heavy atom. The van der Waals surface area contributed by atoms with Crippen molar-refractivity contribution in [2.24, 2.45) is 0 Å². The molecule has 120 valence electrons. The Balaban J connectivity index is 2.19. The van der Waals surface area contributed by atoms with Crippen molar-refractivity contribution in [3.05, 3.63) is 29.8 Å². The van der Waals surface area contributed by atoms with Gasteiger partial charge in [0.05, 0.1) is 0 Å². The van der Waals surface area contributed by atoms with Gasteiger partial charge >= 0.3 is 0 Å². The monoisotopic (exact) mass is 307 g/mol. The maximum atomic E-state index is 3.54. The first-order valence-electron chi connectivity index (χ1n) is 8.74. The summed E-state index contributed by atoms with van der Waals surface area (Å²) in [7, 11) is 0. The van der Waals surface area contributed by atoms with Gasteiger partial charge in [0.2, 0.25) is 0 Å². The fraction of sp³-hybridized carbons (Fsp3) is 0.684. The van der Waals surface area contributed by atoms with Gasteiger partial charge in [0.15, 0.2) is 0 Å². The van der Waals surface area contributed by atoms with E-state index in [4.69, 9.17) is 0 Å². The number of nitrogens with one attached hydrogen (secondary N) is 1. The lowest BCUT2D eigenvalue weighted by atomic mass is 10.1. The van der Waals surface area contributed by atoms with E-state index in [-0.39, 0.29) is 0 Å². The molecule has 0 aliphatic carbocycles. The lowest BCUT2D eigenvalue weighted by Gasteiger charge is -2.14. The molecule has 0 saturated carbocycles. The lowest BCUT2D eigenvalue weighted by Crippen LogP contribution is -2.19. The molecular weight excluding hydrogens is 274 g/mol. The lowest BCUT2D eigenvalue weighted by molar-refractivity contribution is 0.570.